The second kappa shape index (κ2) is 9.24. The van der Waals surface area contributed by atoms with Gasteiger partial charge in [-0.3, -0.25) is 4.79 Å². The number of carbonyl (C=O) groups is 2. The minimum absolute atomic E-state index is 0.334. The van der Waals surface area contributed by atoms with Crippen LogP contribution in [0.5, 0.6) is 5.75 Å². The van der Waals surface area contributed by atoms with Gasteiger partial charge in [-0.15, -0.1) is 5.06 Å². The Labute approximate surface area is 198 Å². The number of ether oxygens (including phenoxy) is 1. The molecule has 0 spiro atoms. The molecule has 0 radical (unpaired) electrons. The Kier molecular flexibility index (Phi) is 5.83. The van der Waals surface area contributed by atoms with Crippen LogP contribution in [-0.2, 0) is 14.4 Å². The smallest absolute Gasteiger partial charge is 0.344 e. The number of amides is 1. The minimum Gasteiger partial charge on any atom is -0.496 e. The van der Waals surface area contributed by atoms with E-state index < -0.39 is 17.8 Å². The predicted octanol–water partition coefficient (Wildman–Crippen LogP) is 5.46. The van der Waals surface area contributed by atoms with E-state index in [2.05, 4.69) is 0 Å². The molecule has 1 aliphatic heterocycles. The van der Waals surface area contributed by atoms with E-state index in [-0.39, 0.29) is 5.91 Å². The Bertz CT molecular complexity index is 1280. The maximum Gasteiger partial charge on any atom is 0.344 e. The summed E-state index contributed by atoms with van der Waals surface area (Å²) < 4.78 is 5.51. The molecule has 0 aliphatic carbocycles. The average molecular weight is 450 g/mol. The van der Waals surface area contributed by atoms with Gasteiger partial charge in [0, 0.05) is 5.56 Å². The zero-order valence-electron chi connectivity index (χ0n) is 18.6. The van der Waals surface area contributed by atoms with Crippen LogP contribution in [0, 0.1) is 0 Å². The van der Waals surface area contributed by atoms with Crippen LogP contribution in [0.25, 0.3) is 0 Å². The molecule has 1 heterocycles. The molecule has 0 aromatic heterocycles. The summed E-state index contributed by atoms with van der Waals surface area (Å²) in [4.78, 5) is 33.1. The molecule has 0 N–H and O–H groups in total. The lowest BCUT2D eigenvalue weighted by atomic mass is 9.91. The Balaban J connectivity index is 1.52. The van der Waals surface area contributed by atoms with E-state index in [0.717, 1.165) is 27.3 Å². The molecule has 5 rings (SSSR count). The van der Waals surface area contributed by atoms with Crippen molar-refractivity contribution in [3.63, 3.8) is 0 Å². The van der Waals surface area contributed by atoms with Crippen LogP contribution in [0.15, 0.2) is 109 Å². The van der Waals surface area contributed by atoms with Gasteiger partial charge in [0.25, 0.3) is 5.91 Å². The lowest BCUT2D eigenvalue weighted by Gasteiger charge is -2.22. The largest absolute Gasteiger partial charge is 0.496 e. The SMILES string of the molecule is COc1ccccc1[C@H]1C(=O)N(OC(=O)C(c2ccccc2)c2ccccc2)c2ccccc21. The molecule has 4 aromatic rings. The summed E-state index contributed by atoms with van der Waals surface area (Å²) in [6, 6.07) is 33.6. The van der Waals surface area contributed by atoms with Gasteiger partial charge in [0.1, 0.15) is 11.7 Å². The third kappa shape index (κ3) is 3.82. The fourth-order valence-electron chi connectivity index (χ4n) is 4.48. The molecular weight excluding hydrogens is 426 g/mol. The summed E-state index contributed by atoms with van der Waals surface area (Å²) in [7, 11) is 1.58. The van der Waals surface area contributed by atoms with Crippen LogP contribution in [-0.4, -0.2) is 19.0 Å². The van der Waals surface area contributed by atoms with Gasteiger partial charge in [-0.1, -0.05) is 97.1 Å². The number of hydrogen-bond acceptors (Lipinski definition) is 4. The fourth-order valence-corrected chi connectivity index (χ4v) is 4.48. The first-order valence-corrected chi connectivity index (χ1v) is 11.1. The highest BCUT2D eigenvalue weighted by molar-refractivity contribution is 6.07. The van der Waals surface area contributed by atoms with Gasteiger partial charge < -0.3 is 9.57 Å². The number of anilines is 1. The number of nitrogens with zero attached hydrogens (tertiary/aromatic N) is 1. The lowest BCUT2D eigenvalue weighted by Crippen LogP contribution is -2.34. The molecule has 0 saturated heterocycles. The molecule has 0 fully saturated rings. The van der Waals surface area contributed by atoms with Crippen molar-refractivity contribution in [2.45, 2.75) is 11.8 Å². The molecule has 0 bridgehead atoms. The molecule has 0 saturated carbocycles. The summed E-state index contributed by atoms with van der Waals surface area (Å²) in [6.07, 6.45) is 0. The molecule has 0 unspecified atom stereocenters. The van der Waals surface area contributed by atoms with Crippen LogP contribution in [0.2, 0.25) is 0 Å². The van der Waals surface area contributed by atoms with Crippen LogP contribution >= 0.6 is 0 Å². The first-order valence-electron chi connectivity index (χ1n) is 11.1. The highest BCUT2D eigenvalue weighted by atomic mass is 16.7. The standard InChI is InChI=1S/C29H23NO4/c1-33-25-19-11-9-17-23(25)27-22-16-8-10-18-24(22)30(28(27)31)34-29(32)26(20-12-4-2-5-13-20)21-14-6-3-7-15-21/h2-19,26-27H,1H3/t27-/m0/s1. The third-order valence-electron chi connectivity index (χ3n) is 6.05. The summed E-state index contributed by atoms with van der Waals surface area (Å²) in [5, 5.41) is 1.13. The maximum atomic E-state index is 13.7. The van der Waals surface area contributed by atoms with Gasteiger partial charge >= 0.3 is 5.97 Å². The van der Waals surface area contributed by atoms with Gasteiger partial charge in [0.15, 0.2) is 0 Å². The van der Waals surface area contributed by atoms with Crippen LogP contribution in [0.1, 0.15) is 34.1 Å². The Morgan fingerprint density at radius 3 is 1.88 bits per heavy atom. The molecule has 168 valence electrons. The van der Waals surface area contributed by atoms with Crippen molar-refractivity contribution in [2.24, 2.45) is 0 Å². The number of para-hydroxylation sites is 2. The molecule has 5 heteroatoms. The van der Waals surface area contributed by atoms with Crippen molar-refractivity contribution in [1.82, 2.24) is 0 Å². The number of fused-ring (bicyclic) bond motifs is 1. The summed E-state index contributed by atoms with van der Waals surface area (Å²) >= 11 is 0. The van der Waals surface area contributed by atoms with E-state index in [4.69, 9.17) is 9.57 Å². The van der Waals surface area contributed by atoms with Crippen LogP contribution < -0.4 is 9.80 Å². The first kappa shape index (κ1) is 21.5. The van der Waals surface area contributed by atoms with E-state index in [1.807, 2.05) is 103 Å². The monoisotopic (exact) mass is 449 g/mol. The zero-order chi connectivity index (χ0) is 23.5. The molecule has 1 aliphatic rings. The van der Waals surface area contributed by atoms with E-state index in [0.29, 0.717) is 11.4 Å². The third-order valence-corrected chi connectivity index (χ3v) is 6.05. The van der Waals surface area contributed by atoms with E-state index in [9.17, 15) is 9.59 Å². The molecule has 1 amide bonds. The van der Waals surface area contributed by atoms with Gasteiger partial charge in [-0.05, 0) is 28.8 Å². The van der Waals surface area contributed by atoms with Gasteiger partial charge in [-0.2, -0.15) is 0 Å². The van der Waals surface area contributed by atoms with E-state index >= 15 is 0 Å². The molecule has 34 heavy (non-hydrogen) atoms. The van der Waals surface area contributed by atoms with Crippen molar-refractivity contribution in [3.8, 4) is 5.75 Å². The number of carbonyl (C=O) groups excluding carboxylic acids is 2. The molecule has 4 aromatic carbocycles. The van der Waals surface area contributed by atoms with Gasteiger partial charge in [0.05, 0.1) is 18.7 Å². The summed E-state index contributed by atoms with van der Waals surface area (Å²) in [5.41, 5.74) is 3.63. The van der Waals surface area contributed by atoms with Crippen molar-refractivity contribution >= 4 is 17.6 Å². The number of hydroxylamine groups is 1. The Morgan fingerprint density at radius 1 is 0.735 bits per heavy atom. The van der Waals surface area contributed by atoms with E-state index in [1.54, 1.807) is 13.2 Å². The highest BCUT2D eigenvalue weighted by Crippen LogP contribution is 2.44. The maximum absolute atomic E-state index is 13.7. The van der Waals surface area contributed by atoms with Gasteiger partial charge in [0.2, 0.25) is 0 Å². The lowest BCUT2D eigenvalue weighted by molar-refractivity contribution is -0.150. The Hall–Kier alpha value is -4.38. The minimum atomic E-state index is -0.673. The summed E-state index contributed by atoms with van der Waals surface area (Å²) in [5.74, 6) is -1.56. The van der Waals surface area contributed by atoms with Crippen LogP contribution in [0.3, 0.4) is 0 Å². The molecule has 1 atom stereocenters. The predicted molar refractivity (Wildman–Crippen MR) is 130 cm³/mol. The van der Waals surface area contributed by atoms with Crippen molar-refractivity contribution in [3.05, 3.63) is 131 Å². The number of methoxy groups -OCH3 is 1. The number of benzene rings is 4. The second-order valence-corrected chi connectivity index (χ2v) is 8.03. The normalized spacial score (nSPS) is 14.7. The van der Waals surface area contributed by atoms with Crippen molar-refractivity contribution < 1.29 is 19.2 Å². The fraction of sp³-hybridized carbons (Fsp3) is 0.103. The van der Waals surface area contributed by atoms with Crippen molar-refractivity contribution in [2.75, 3.05) is 12.2 Å². The van der Waals surface area contributed by atoms with Crippen LogP contribution in [0.4, 0.5) is 5.69 Å². The quantitative estimate of drug-likeness (QED) is 0.392. The summed E-state index contributed by atoms with van der Waals surface area (Å²) in [6.45, 7) is 0. The molecule has 5 nitrogen and oxygen atoms in total. The first-order chi connectivity index (χ1) is 16.7. The topological polar surface area (TPSA) is 55.8 Å². The second-order valence-electron chi connectivity index (χ2n) is 8.03. The number of rotatable bonds is 6. The molecular formula is C29H23NO4. The van der Waals surface area contributed by atoms with Crippen molar-refractivity contribution in [1.29, 1.82) is 0 Å². The van der Waals surface area contributed by atoms with E-state index in [1.165, 1.54) is 0 Å². The number of hydrogen-bond donors (Lipinski definition) is 0. The average Bonchev–Trinajstić information content (AvgIpc) is 3.16. The highest BCUT2D eigenvalue weighted by Gasteiger charge is 2.43. The zero-order valence-corrected chi connectivity index (χ0v) is 18.6. The van der Waals surface area contributed by atoms with Gasteiger partial charge in [-0.25, -0.2) is 4.79 Å². The Morgan fingerprint density at radius 2 is 1.26 bits per heavy atom.